The molecule has 6 nitrogen and oxygen atoms in total. The first kappa shape index (κ1) is 21.4. The minimum absolute atomic E-state index is 0.0140. The average molecular weight is 415 g/mol. The quantitative estimate of drug-likeness (QED) is 0.777. The van der Waals surface area contributed by atoms with Gasteiger partial charge in [-0.25, -0.2) is 0 Å². The molecule has 1 fully saturated rings. The van der Waals surface area contributed by atoms with Gasteiger partial charge >= 0.3 is 0 Å². The number of aryl methyl sites for hydroxylation is 2. The molecule has 0 bridgehead atoms. The molecule has 1 saturated heterocycles. The second kappa shape index (κ2) is 9.48. The van der Waals surface area contributed by atoms with E-state index >= 15 is 0 Å². The number of hydrogen-bond donors (Lipinski definition) is 1. The van der Waals surface area contributed by atoms with Gasteiger partial charge in [0.1, 0.15) is 5.01 Å². The molecule has 2 aromatic rings. The monoisotopic (exact) mass is 414 g/mol. The van der Waals surface area contributed by atoms with E-state index in [0.717, 1.165) is 24.3 Å². The molecule has 156 valence electrons. The maximum Gasteiger partial charge on any atom is 0.229 e. The minimum atomic E-state index is -0.376. The van der Waals surface area contributed by atoms with Gasteiger partial charge in [0.15, 0.2) is 0 Å². The topological polar surface area (TPSA) is 75.2 Å². The van der Waals surface area contributed by atoms with Crippen molar-refractivity contribution in [1.29, 1.82) is 0 Å². The Morgan fingerprint density at radius 3 is 2.45 bits per heavy atom. The summed E-state index contributed by atoms with van der Waals surface area (Å²) < 4.78 is 0. The fourth-order valence-corrected chi connectivity index (χ4v) is 4.30. The summed E-state index contributed by atoms with van der Waals surface area (Å²) in [6.45, 7) is 7.06. The Kier molecular flexibility index (Phi) is 7.00. The molecule has 0 aliphatic carbocycles. The molecule has 0 atom stereocenters. The van der Waals surface area contributed by atoms with Crippen LogP contribution in [0.1, 0.15) is 50.6 Å². The summed E-state index contributed by atoms with van der Waals surface area (Å²) in [5.41, 5.74) is 0.945. The second-order valence-corrected chi connectivity index (χ2v) is 9.71. The van der Waals surface area contributed by atoms with Crippen LogP contribution in [0.2, 0.25) is 0 Å². The van der Waals surface area contributed by atoms with Crippen LogP contribution in [-0.2, 0) is 22.4 Å². The van der Waals surface area contributed by atoms with Gasteiger partial charge in [0.2, 0.25) is 16.9 Å². The van der Waals surface area contributed by atoms with Crippen molar-refractivity contribution < 1.29 is 9.59 Å². The van der Waals surface area contributed by atoms with E-state index in [1.54, 1.807) is 0 Å². The summed E-state index contributed by atoms with van der Waals surface area (Å²) in [5, 5.41) is 12.8. The number of hydrogen-bond acceptors (Lipinski definition) is 5. The van der Waals surface area contributed by atoms with Gasteiger partial charge in [-0.2, -0.15) is 0 Å². The fraction of sp³-hybridized carbons (Fsp3) is 0.545. The summed E-state index contributed by atoms with van der Waals surface area (Å²) >= 11 is 1.45. The lowest BCUT2D eigenvalue weighted by Gasteiger charge is -2.35. The Hall–Kier alpha value is -2.28. The fourth-order valence-electron chi connectivity index (χ4n) is 3.52. The Bertz CT molecular complexity index is 821. The summed E-state index contributed by atoms with van der Waals surface area (Å²) in [4.78, 5) is 26.8. The van der Waals surface area contributed by atoms with Crippen LogP contribution in [-0.4, -0.2) is 40.0 Å². The van der Waals surface area contributed by atoms with Crippen molar-refractivity contribution in [2.45, 2.75) is 52.9 Å². The van der Waals surface area contributed by atoms with Gasteiger partial charge in [-0.1, -0.05) is 62.4 Å². The molecule has 1 aromatic carbocycles. The van der Waals surface area contributed by atoms with Crippen molar-refractivity contribution in [1.82, 2.24) is 15.1 Å². The van der Waals surface area contributed by atoms with Crippen molar-refractivity contribution in [2.24, 2.45) is 11.3 Å². The number of carbonyl (C=O) groups excluding carboxylic acids is 2. The number of carbonyl (C=O) groups is 2. The van der Waals surface area contributed by atoms with Gasteiger partial charge in [0.05, 0.1) is 0 Å². The standard InChI is InChI=1S/C22H30N4O2S/c1-22(2,3)20(28)26-14-12-17(13-15-26)19(27)23-21-25-24-18(29-21)11-7-10-16-8-5-4-6-9-16/h4-6,8-9,17H,7,10-15H2,1-3H3,(H,23,25,27). The van der Waals surface area contributed by atoms with Crippen LogP contribution in [0.3, 0.4) is 0 Å². The number of anilines is 1. The minimum Gasteiger partial charge on any atom is -0.342 e. The second-order valence-electron chi connectivity index (χ2n) is 8.65. The van der Waals surface area contributed by atoms with Crippen LogP contribution in [0, 0.1) is 11.3 Å². The molecule has 2 heterocycles. The zero-order valence-corrected chi connectivity index (χ0v) is 18.3. The van der Waals surface area contributed by atoms with E-state index in [-0.39, 0.29) is 23.1 Å². The normalized spacial score (nSPS) is 15.3. The smallest absolute Gasteiger partial charge is 0.229 e. The zero-order valence-electron chi connectivity index (χ0n) is 17.5. The van der Waals surface area contributed by atoms with Gasteiger partial charge in [0.25, 0.3) is 0 Å². The SMILES string of the molecule is CC(C)(C)C(=O)N1CCC(C(=O)Nc2nnc(CCCc3ccccc3)s2)CC1. The third-order valence-corrected chi connectivity index (χ3v) is 6.09. The van der Waals surface area contributed by atoms with Crippen molar-refractivity contribution >= 4 is 28.3 Å². The highest BCUT2D eigenvalue weighted by Crippen LogP contribution is 2.25. The molecule has 1 aromatic heterocycles. The molecule has 1 aliphatic rings. The molecule has 7 heteroatoms. The maximum absolute atomic E-state index is 12.6. The van der Waals surface area contributed by atoms with E-state index < -0.39 is 0 Å². The molecular weight excluding hydrogens is 384 g/mol. The molecule has 29 heavy (non-hydrogen) atoms. The predicted molar refractivity (Wildman–Crippen MR) is 116 cm³/mol. The summed E-state index contributed by atoms with van der Waals surface area (Å²) in [6.07, 6.45) is 4.25. The van der Waals surface area contributed by atoms with Gasteiger partial charge < -0.3 is 10.2 Å². The molecule has 0 saturated carbocycles. The van der Waals surface area contributed by atoms with Crippen molar-refractivity contribution in [3.8, 4) is 0 Å². The van der Waals surface area contributed by atoms with Crippen molar-refractivity contribution in [2.75, 3.05) is 18.4 Å². The summed E-state index contributed by atoms with van der Waals surface area (Å²) in [7, 11) is 0. The Morgan fingerprint density at radius 1 is 1.10 bits per heavy atom. The van der Waals surface area contributed by atoms with E-state index in [1.165, 1.54) is 16.9 Å². The van der Waals surface area contributed by atoms with Crippen LogP contribution < -0.4 is 5.32 Å². The zero-order chi connectivity index (χ0) is 20.9. The number of benzene rings is 1. The summed E-state index contributed by atoms with van der Waals surface area (Å²) in [6, 6.07) is 10.4. The van der Waals surface area contributed by atoms with Crippen LogP contribution in [0.25, 0.3) is 0 Å². The number of rotatable bonds is 6. The van der Waals surface area contributed by atoms with Crippen LogP contribution in [0.4, 0.5) is 5.13 Å². The highest BCUT2D eigenvalue weighted by molar-refractivity contribution is 7.15. The van der Waals surface area contributed by atoms with E-state index in [2.05, 4.69) is 39.8 Å². The number of nitrogens with zero attached hydrogens (tertiary/aromatic N) is 3. The Labute approximate surface area is 176 Å². The molecule has 0 radical (unpaired) electrons. The van der Waals surface area contributed by atoms with Gasteiger partial charge in [-0.3, -0.25) is 9.59 Å². The molecule has 1 aliphatic heterocycles. The molecule has 0 spiro atoms. The average Bonchev–Trinajstić information content (AvgIpc) is 3.15. The van der Waals surface area contributed by atoms with Gasteiger partial charge in [-0.05, 0) is 31.2 Å². The van der Waals surface area contributed by atoms with E-state index in [1.807, 2.05) is 31.7 Å². The maximum atomic E-state index is 12.6. The van der Waals surface area contributed by atoms with Crippen LogP contribution in [0.15, 0.2) is 30.3 Å². The Balaban J connectivity index is 1.43. The lowest BCUT2D eigenvalue weighted by atomic mass is 9.91. The third-order valence-electron chi connectivity index (χ3n) is 5.19. The van der Waals surface area contributed by atoms with E-state index in [9.17, 15) is 9.59 Å². The first-order valence-electron chi connectivity index (χ1n) is 10.3. The summed E-state index contributed by atoms with van der Waals surface area (Å²) in [5.74, 6) is 0.0601. The number of piperidine rings is 1. The molecule has 3 rings (SSSR count). The number of likely N-dealkylation sites (tertiary alicyclic amines) is 1. The predicted octanol–water partition coefficient (Wildman–Crippen LogP) is 3.94. The lowest BCUT2D eigenvalue weighted by molar-refractivity contribution is -0.142. The molecule has 0 unspecified atom stereocenters. The van der Waals surface area contributed by atoms with Gasteiger partial charge in [-0.15, -0.1) is 10.2 Å². The van der Waals surface area contributed by atoms with Crippen molar-refractivity contribution in [3.05, 3.63) is 40.9 Å². The first-order valence-corrected chi connectivity index (χ1v) is 11.1. The first-order chi connectivity index (χ1) is 13.8. The van der Waals surface area contributed by atoms with Crippen molar-refractivity contribution in [3.63, 3.8) is 0 Å². The van der Waals surface area contributed by atoms with Crippen LogP contribution >= 0.6 is 11.3 Å². The number of amides is 2. The molecular formula is C22H30N4O2S. The third kappa shape index (κ3) is 6.10. The van der Waals surface area contributed by atoms with E-state index in [4.69, 9.17) is 0 Å². The molecule has 1 N–H and O–H groups in total. The highest BCUT2D eigenvalue weighted by atomic mass is 32.1. The van der Waals surface area contributed by atoms with E-state index in [0.29, 0.717) is 31.1 Å². The van der Waals surface area contributed by atoms with Gasteiger partial charge in [0, 0.05) is 30.8 Å². The molecule has 2 amide bonds. The van der Waals surface area contributed by atoms with Crippen LogP contribution in [0.5, 0.6) is 0 Å². The number of nitrogens with one attached hydrogen (secondary N) is 1. The lowest BCUT2D eigenvalue weighted by Crippen LogP contribution is -2.45. The highest BCUT2D eigenvalue weighted by Gasteiger charge is 2.32. The largest absolute Gasteiger partial charge is 0.342 e. The Morgan fingerprint density at radius 2 is 1.79 bits per heavy atom. The number of aromatic nitrogens is 2.